The molecule has 2 N–H and O–H groups in total. The number of guanidine groups is 1. The number of hydrogen-bond donors (Lipinski definition) is 2. The molecule has 182 valence electrons. The number of halogens is 1. The van der Waals surface area contributed by atoms with Crippen molar-refractivity contribution in [3.63, 3.8) is 0 Å². The molecule has 8 heteroatoms. The Morgan fingerprint density at radius 2 is 1.64 bits per heavy atom. The standard InChI is InChI=1S/C25H37N5O2.HI/c1-26-25(28-18-22-10-11-23(31-3)16-24(22)32-4)27-17-20-6-8-21(9-7-20)19-30-13-5-12-29(2)14-15-30;/h6-11,16H,5,12-15,17-19H2,1-4H3,(H2,26,27,28);1H. The van der Waals surface area contributed by atoms with Crippen molar-refractivity contribution in [3.05, 3.63) is 59.2 Å². The lowest BCUT2D eigenvalue weighted by Gasteiger charge is -2.20. The fraction of sp³-hybridized carbons (Fsp3) is 0.480. The summed E-state index contributed by atoms with van der Waals surface area (Å²) in [7, 11) is 7.31. The molecule has 7 nitrogen and oxygen atoms in total. The summed E-state index contributed by atoms with van der Waals surface area (Å²) in [6.07, 6.45) is 1.24. The Labute approximate surface area is 215 Å². The Balaban J connectivity index is 0.00000385. The van der Waals surface area contributed by atoms with Crippen LogP contribution < -0.4 is 20.1 Å². The van der Waals surface area contributed by atoms with Gasteiger partial charge in [0.2, 0.25) is 0 Å². The second-order valence-electron chi connectivity index (χ2n) is 8.21. The first-order valence-corrected chi connectivity index (χ1v) is 11.3. The van der Waals surface area contributed by atoms with Crippen LogP contribution in [0.5, 0.6) is 11.5 Å². The van der Waals surface area contributed by atoms with Crippen LogP contribution in [-0.2, 0) is 19.6 Å². The van der Waals surface area contributed by atoms with Crippen molar-refractivity contribution in [2.24, 2.45) is 4.99 Å². The van der Waals surface area contributed by atoms with Crippen molar-refractivity contribution in [1.82, 2.24) is 20.4 Å². The summed E-state index contributed by atoms with van der Waals surface area (Å²) in [6.45, 7) is 7.01. The van der Waals surface area contributed by atoms with Crippen molar-refractivity contribution in [2.75, 3.05) is 54.5 Å². The lowest BCUT2D eigenvalue weighted by atomic mass is 10.1. The van der Waals surface area contributed by atoms with Crippen LogP contribution in [-0.4, -0.2) is 70.3 Å². The highest BCUT2D eigenvalue weighted by Crippen LogP contribution is 2.24. The smallest absolute Gasteiger partial charge is 0.191 e. The van der Waals surface area contributed by atoms with E-state index in [1.165, 1.54) is 30.6 Å². The van der Waals surface area contributed by atoms with Crippen LogP contribution in [0.25, 0.3) is 0 Å². The van der Waals surface area contributed by atoms with E-state index in [2.05, 4.69) is 56.7 Å². The average molecular weight is 568 g/mol. The van der Waals surface area contributed by atoms with Gasteiger partial charge in [-0.2, -0.15) is 0 Å². The normalized spacial score (nSPS) is 15.3. The first-order chi connectivity index (χ1) is 15.6. The average Bonchev–Trinajstić information content (AvgIpc) is 3.03. The van der Waals surface area contributed by atoms with E-state index in [1.54, 1.807) is 21.3 Å². The van der Waals surface area contributed by atoms with Crippen LogP contribution in [0.2, 0.25) is 0 Å². The van der Waals surface area contributed by atoms with Crippen molar-refractivity contribution >= 4 is 29.9 Å². The molecule has 0 aliphatic carbocycles. The number of rotatable bonds is 8. The second kappa shape index (κ2) is 14.3. The number of hydrogen-bond acceptors (Lipinski definition) is 5. The van der Waals surface area contributed by atoms with Crippen LogP contribution >= 0.6 is 24.0 Å². The van der Waals surface area contributed by atoms with Gasteiger partial charge in [-0.15, -0.1) is 24.0 Å². The molecular formula is C25H38IN5O2. The molecule has 0 amide bonds. The van der Waals surface area contributed by atoms with E-state index >= 15 is 0 Å². The van der Waals surface area contributed by atoms with Crippen molar-refractivity contribution in [1.29, 1.82) is 0 Å². The maximum absolute atomic E-state index is 5.47. The molecule has 1 aliphatic heterocycles. The predicted molar refractivity (Wildman–Crippen MR) is 146 cm³/mol. The molecule has 1 heterocycles. The van der Waals surface area contributed by atoms with Gasteiger partial charge in [-0.25, -0.2) is 0 Å². The van der Waals surface area contributed by atoms with Gasteiger partial charge < -0.3 is 25.0 Å². The second-order valence-corrected chi connectivity index (χ2v) is 8.21. The highest BCUT2D eigenvalue weighted by Gasteiger charge is 2.12. The Morgan fingerprint density at radius 1 is 0.909 bits per heavy atom. The number of aliphatic imine (C=N–C) groups is 1. The minimum atomic E-state index is 0. The zero-order chi connectivity index (χ0) is 22.8. The molecule has 0 spiro atoms. The van der Waals surface area contributed by atoms with E-state index in [-0.39, 0.29) is 24.0 Å². The Bertz CT molecular complexity index is 876. The highest BCUT2D eigenvalue weighted by molar-refractivity contribution is 14.0. The molecule has 0 aromatic heterocycles. The van der Waals surface area contributed by atoms with Crippen LogP contribution in [0.15, 0.2) is 47.5 Å². The molecular weight excluding hydrogens is 529 g/mol. The number of methoxy groups -OCH3 is 2. The third-order valence-electron chi connectivity index (χ3n) is 5.87. The minimum absolute atomic E-state index is 0. The summed E-state index contributed by atoms with van der Waals surface area (Å²) in [5, 5.41) is 6.74. The monoisotopic (exact) mass is 567 g/mol. The highest BCUT2D eigenvalue weighted by atomic mass is 127. The molecule has 0 bridgehead atoms. The molecule has 0 saturated carbocycles. The Kier molecular flexibility index (Phi) is 11.8. The molecule has 2 aromatic rings. The Hall–Kier alpha value is -2.04. The van der Waals surface area contributed by atoms with E-state index in [9.17, 15) is 0 Å². The summed E-state index contributed by atoms with van der Waals surface area (Å²) < 4.78 is 10.7. The van der Waals surface area contributed by atoms with E-state index < -0.39 is 0 Å². The quantitative estimate of drug-likeness (QED) is 0.290. The van der Waals surface area contributed by atoms with Gasteiger partial charge in [0, 0.05) is 51.4 Å². The van der Waals surface area contributed by atoms with Crippen LogP contribution in [0.4, 0.5) is 0 Å². The molecule has 0 atom stereocenters. The molecule has 1 aliphatic rings. The fourth-order valence-electron chi connectivity index (χ4n) is 3.86. The third kappa shape index (κ3) is 8.68. The van der Waals surface area contributed by atoms with Gasteiger partial charge >= 0.3 is 0 Å². The predicted octanol–water partition coefficient (Wildman–Crippen LogP) is 3.32. The van der Waals surface area contributed by atoms with E-state index in [1.807, 2.05) is 18.2 Å². The number of nitrogens with zero attached hydrogens (tertiary/aromatic N) is 3. The van der Waals surface area contributed by atoms with Crippen molar-refractivity contribution in [2.45, 2.75) is 26.1 Å². The van der Waals surface area contributed by atoms with E-state index in [0.29, 0.717) is 13.1 Å². The van der Waals surface area contributed by atoms with Gasteiger partial charge in [0.05, 0.1) is 14.2 Å². The zero-order valence-corrected chi connectivity index (χ0v) is 22.6. The molecule has 2 aromatic carbocycles. The summed E-state index contributed by atoms with van der Waals surface area (Å²) in [5.74, 6) is 2.32. The zero-order valence-electron chi connectivity index (χ0n) is 20.3. The molecule has 1 fully saturated rings. The van der Waals surface area contributed by atoms with Gasteiger partial charge in [0.1, 0.15) is 11.5 Å². The molecule has 1 saturated heterocycles. The summed E-state index contributed by atoms with van der Waals surface area (Å²) in [6, 6.07) is 14.7. The Morgan fingerprint density at radius 3 is 2.33 bits per heavy atom. The molecule has 0 unspecified atom stereocenters. The lowest BCUT2D eigenvalue weighted by molar-refractivity contribution is 0.269. The molecule has 3 rings (SSSR count). The van der Waals surface area contributed by atoms with Crippen LogP contribution in [0.3, 0.4) is 0 Å². The van der Waals surface area contributed by atoms with Gasteiger partial charge in [-0.1, -0.05) is 24.3 Å². The fourth-order valence-corrected chi connectivity index (χ4v) is 3.86. The van der Waals surface area contributed by atoms with Crippen LogP contribution in [0, 0.1) is 0 Å². The van der Waals surface area contributed by atoms with Crippen molar-refractivity contribution < 1.29 is 9.47 Å². The molecule has 33 heavy (non-hydrogen) atoms. The summed E-state index contributed by atoms with van der Waals surface area (Å²) >= 11 is 0. The number of ether oxygens (including phenoxy) is 2. The topological polar surface area (TPSA) is 61.4 Å². The minimum Gasteiger partial charge on any atom is -0.497 e. The lowest BCUT2D eigenvalue weighted by Crippen LogP contribution is -2.36. The first-order valence-electron chi connectivity index (χ1n) is 11.3. The van der Waals surface area contributed by atoms with Gasteiger partial charge in [0.15, 0.2) is 5.96 Å². The number of benzene rings is 2. The maximum atomic E-state index is 5.47. The van der Waals surface area contributed by atoms with Gasteiger partial charge in [-0.3, -0.25) is 9.89 Å². The van der Waals surface area contributed by atoms with E-state index in [0.717, 1.165) is 42.7 Å². The maximum Gasteiger partial charge on any atom is 0.191 e. The van der Waals surface area contributed by atoms with Gasteiger partial charge in [-0.05, 0) is 49.8 Å². The summed E-state index contributed by atoms with van der Waals surface area (Å²) in [4.78, 5) is 9.30. The largest absolute Gasteiger partial charge is 0.497 e. The van der Waals surface area contributed by atoms with Crippen LogP contribution in [0.1, 0.15) is 23.1 Å². The van der Waals surface area contributed by atoms with Gasteiger partial charge in [0.25, 0.3) is 0 Å². The number of likely N-dealkylation sites (N-methyl/N-ethyl adjacent to an activating group) is 1. The third-order valence-corrected chi connectivity index (χ3v) is 5.87. The first kappa shape index (κ1) is 27.2. The van der Waals surface area contributed by atoms with E-state index in [4.69, 9.17) is 9.47 Å². The number of nitrogens with one attached hydrogen (secondary N) is 2. The SMILES string of the molecule is CN=C(NCc1ccc(CN2CCCN(C)CC2)cc1)NCc1ccc(OC)cc1OC.I. The molecule has 0 radical (unpaired) electrons. The van der Waals surface area contributed by atoms with Crippen molar-refractivity contribution in [3.8, 4) is 11.5 Å². The summed E-state index contributed by atoms with van der Waals surface area (Å²) in [5.41, 5.74) is 3.64.